The molecule has 0 spiro atoms. The molecule has 0 fully saturated rings. The van der Waals surface area contributed by atoms with Crippen molar-refractivity contribution < 1.29 is 4.79 Å². The van der Waals surface area contributed by atoms with Gasteiger partial charge in [-0.3, -0.25) is 9.36 Å². The summed E-state index contributed by atoms with van der Waals surface area (Å²) < 4.78 is 2.06. The SMILES string of the molecule is CCN(CCc1ccccc1)C(=O)c1cc(C)n(-c2nccs2)c1C. The predicted octanol–water partition coefficient (Wildman–Crippen LogP) is 4.26. The fourth-order valence-electron chi connectivity index (χ4n) is 3.08. The van der Waals surface area contributed by atoms with Crippen molar-refractivity contribution in [3.63, 3.8) is 0 Å². The van der Waals surface area contributed by atoms with Gasteiger partial charge in [-0.1, -0.05) is 30.3 Å². The van der Waals surface area contributed by atoms with Crippen LogP contribution < -0.4 is 0 Å². The van der Waals surface area contributed by atoms with Crippen LogP contribution in [0.3, 0.4) is 0 Å². The standard InChI is InChI=1S/C20H23N3OS/c1-4-22(12-10-17-8-6-5-7-9-17)19(24)18-14-15(2)23(16(18)3)20-21-11-13-25-20/h5-9,11,13-14H,4,10,12H2,1-3H3. The number of carbonyl (C=O) groups excluding carboxylic acids is 1. The third kappa shape index (κ3) is 3.66. The van der Waals surface area contributed by atoms with Gasteiger partial charge in [0.1, 0.15) is 0 Å². The van der Waals surface area contributed by atoms with E-state index < -0.39 is 0 Å². The zero-order valence-corrected chi connectivity index (χ0v) is 15.7. The molecule has 4 nitrogen and oxygen atoms in total. The maximum Gasteiger partial charge on any atom is 0.255 e. The first-order valence-electron chi connectivity index (χ1n) is 8.53. The molecule has 5 heteroatoms. The van der Waals surface area contributed by atoms with Gasteiger partial charge in [-0.15, -0.1) is 11.3 Å². The van der Waals surface area contributed by atoms with Crippen molar-refractivity contribution in [1.82, 2.24) is 14.5 Å². The fourth-order valence-corrected chi connectivity index (χ4v) is 3.83. The van der Waals surface area contributed by atoms with Gasteiger partial charge in [-0.2, -0.15) is 0 Å². The van der Waals surface area contributed by atoms with Crippen molar-refractivity contribution in [2.24, 2.45) is 0 Å². The summed E-state index contributed by atoms with van der Waals surface area (Å²) >= 11 is 1.58. The summed E-state index contributed by atoms with van der Waals surface area (Å²) in [7, 11) is 0. The molecule has 0 N–H and O–H groups in total. The van der Waals surface area contributed by atoms with E-state index in [2.05, 4.69) is 21.7 Å². The summed E-state index contributed by atoms with van der Waals surface area (Å²) in [4.78, 5) is 19.3. The van der Waals surface area contributed by atoms with Crippen LogP contribution in [0.15, 0.2) is 48.0 Å². The average molecular weight is 353 g/mol. The molecule has 0 bridgehead atoms. The third-order valence-corrected chi connectivity index (χ3v) is 5.21. The predicted molar refractivity (Wildman–Crippen MR) is 103 cm³/mol. The van der Waals surface area contributed by atoms with Gasteiger partial charge in [-0.25, -0.2) is 4.98 Å². The van der Waals surface area contributed by atoms with E-state index >= 15 is 0 Å². The van der Waals surface area contributed by atoms with Crippen molar-refractivity contribution in [1.29, 1.82) is 0 Å². The quantitative estimate of drug-likeness (QED) is 0.664. The van der Waals surface area contributed by atoms with Gasteiger partial charge in [0.2, 0.25) is 0 Å². The zero-order chi connectivity index (χ0) is 17.8. The van der Waals surface area contributed by atoms with Crippen LogP contribution in [0, 0.1) is 13.8 Å². The molecule has 2 heterocycles. The summed E-state index contributed by atoms with van der Waals surface area (Å²) in [6.07, 6.45) is 2.66. The number of thiazole rings is 1. The molecule has 0 saturated carbocycles. The number of hydrogen-bond acceptors (Lipinski definition) is 3. The largest absolute Gasteiger partial charge is 0.339 e. The third-order valence-electron chi connectivity index (χ3n) is 4.45. The highest BCUT2D eigenvalue weighted by Crippen LogP contribution is 2.23. The second-order valence-electron chi connectivity index (χ2n) is 6.06. The molecule has 3 rings (SSSR count). The number of benzene rings is 1. The topological polar surface area (TPSA) is 38.1 Å². The lowest BCUT2D eigenvalue weighted by Gasteiger charge is -2.21. The number of rotatable bonds is 6. The van der Waals surface area contributed by atoms with Crippen LogP contribution in [-0.4, -0.2) is 33.4 Å². The van der Waals surface area contributed by atoms with E-state index in [1.54, 1.807) is 17.5 Å². The van der Waals surface area contributed by atoms with Crippen molar-refractivity contribution in [3.05, 3.63) is 70.5 Å². The molecule has 1 amide bonds. The first kappa shape index (κ1) is 17.4. The van der Waals surface area contributed by atoms with Crippen LogP contribution in [0.4, 0.5) is 0 Å². The Bertz CT molecular complexity index is 837. The second-order valence-corrected chi connectivity index (χ2v) is 6.93. The van der Waals surface area contributed by atoms with Gasteiger partial charge in [0.25, 0.3) is 5.91 Å². The van der Waals surface area contributed by atoms with Crippen LogP contribution in [0.5, 0.6) is 0 Å². The summed E-state index contributed by atoms with van der Waals surface area (Å²) in [5, 5.41) is 2.86. The molecule has 1 aromatic carbocycles. The zero-order valence-electron chi connectivity index (χ0n) is 14.9. The van der Waals surface area contributed by atoms with Gasteiger partial charge in [-0.05, 0) is 38.8 Å². The van der Waals surface area contributed by atoms with E-state index in [0.29, 0.717) is 6.54 Å². The maximum atomic E-state index is 13.0. The average Bonchev–Trinajstić information content (AvgIpc) is 3.24. The number of amides is 1. The van der Waals surface area contributed by atoms with Crippen LogP contribution in [0.1, 0.15) is 34.2 Å². The van der Waals surface area contributed by atoms with Crippen molar-refractivity contribution in [2.75, 3.05) is 13.1 Å². The maximum absolute atomic E-state index is 13.0. The molecule has 130 valence electrons. The minimum Gasteiger partial charge on any atom is -0.339 e. The number of carbonyl (C=O) groups is 1. The highest BCUT2D eigenvalue weighted by Gasteiger charge is 2.21. The highest BCUT2D eigenvalue weighted by atomic mass is 32.1. The molecular formula is C20H23N3OS. The summed E-state index contributed by atoms with van der Waals surface area (Å²) in [5.74, 6) is 0.0920. The van der Waals surface area contributed by atoms with Gasteiger partial charge in [0.05, 0.1) is 5.56 Å². The minimum atomic E-state index is 0.0920. The van der Waals surface area contributed by atoms with Crippen molar-refractivity contribution in [3.8, 4) is 5.13 Å². The van der Waals surface area contributed by atoms with E-state index in [0.717, 1.165) is 35.0 Å². The highest BCUT2D eigenvalue weighted by molar-refractivity contribution is 7.12. The van der Waals surface area contributed by atoms with Gasteiger partial charge >= 0.3 is 0 Å². The van der Waals surface area contributed by atoms with Crippen molar-refractivity contribution >= 4 is 17.2 Å². The monoisotopic (exact) mass is 353 g/mol. The molecule has 0 aliphatic carbocycles. The number of hydrogen-bond donors (Lipinski definition) is 0. The Morgan fingerprint density at radius 1 is 1.24 bits per heavy atom. The fraction of sp³-hybridized carbons (Fsp3) is 0.300. The van der Waals surface area contributed by atoms with E-state index in [4.69, 9.17) is 0 Å². The van der Waals surface area contributed by atoms with Crippen LogP contribution in [-0.2, 0) is 6.42 Å². The molecule has 0 atom stereocenters. The molecule has 25 heavy (non-hydrogen) atoms. The second kappa shape index (κ2) is 7.66. The normalized spacial score (nSPS) is 10.8. The lowest BCUT2D eigenvalue weighted by molar-refractivity contribution is 0.0765. The van der Waals surface area contributed by atoms with E-state index in [9.17, 15) is 4.79 Å². The van der Waals surface area contributed by atoms with Gasteiger partial charge in [0.15, 0.2) is 5.13 Å². The summed E-state index contributed by atoms with van der Waals surface area (Å²) in [6.45, 7) is 7.47. The van der Waals surface area contributed by atoms with Crippen LogP contribution in [0.2, 0.25) is 0 Å². The Labute approximate surface area is 152 Å². The Hall–Kier alpha value is -2.40. The van der Waals surface area contributed by atoms with Gasteiger partial charge < -0.3 is 4.90 Å². The first-order chi connectivity index (χ1) is 12.1. The van der Waals surface area contributed by atoms with Crippen molar-refractivity contribution in [2.45, 2.75) is 27.2 Å². The van der Waals surface area contributed by atoms with Gasteiger partial charge in [0, 0.05) is 36.1 Å². The molecular weight excluding hydrogens is 330 g/mol. The molecule has 2 aromatic heterocycles. The molecule has 0 radical (unpaired) electrons. The Morgan fingerprint density at radius 3 is 2.64 bits per heavy atom. The van der Waals surface area contributed by atoms with E-state index in [1.807, 2.05) is 55.3 Å². The lowest BCUT2D eigenvalue weighted by Crippen LogP contribution is -2.33. The van der Waals surface area contributed by atoms with E-state index in [-0.39, 0.29) is 5.91 Å². The molecule has 0 aliphatic rings. The Balaban J connectivity index is 1.80. The number of aryl methyl sites for hydroxylation is 1. The van der Waals surface area contributed by atoms with Crippen LogP contribution in [0.25, 0.3) is 5.13 Å². The Kier molecular flexibility index (Phi) is 5.34. The smallest absolute Gasteiger partial charge is 0.255 e. The van der Waals surface area contributed by atoms with Crippen LogP contribution >= 0.6 is 11.3 Å². The summed E-state index contributed by atoms with van der Waals surface area (Å²) in [5.41, 5.74) is 4.01. The number of aromatic nitrogens is 2. The Morgan fingerprint density at radius 2 is 2.00 bits per heavy atom. The summed E-state index contributed by atoms with van der Waals surface area (Å²) in [6, 6.07) is 12.3. The van der Waals surface area contributed by atoms with E-state index in [1.165, 1.54) is 5.56 Å². The minimum absolute atomic E-state index is 0.0920. The molecule has 0 aliphatic heterocycles. The molecule has 0 saturated heterocycles. The first-order valence-corrected chi connectivity index (χ1v) is 9.41. The molecule has 0 unspecified atom stereocenters. The number of likely N-dealkylation sites (N-methyl/N-ethyl adjacent to an activating group) is 1. The molecule has 3 aromatic rings. The lowest BCUT2D eigenvalue weighted by atomic mass is 10.1. The number of nitrogens with zero attached hydrogens (tertiary/aromatic N) is 3.